The van der Waals surface area contributed by atoms with Crippen LogP contribution < -0.4 is 5.32 Å². The number of nitrogens with one attached hydrogen (secondary N) is 1. The van der Waals surface area contributed by atoms with Gasteiger partial charge in [-0.1, -0.05) is 13.8 Å². The third-order valence-corrected chi connectivity index (χ3v) is 2.70. The van der Waals surface area contributed by atoms with Gasteiger partial charge in [-0.15, -0.1) is 0 Å². The molecule has 1 amide bonds. The highest BCUT2D eigenvalue weighted by molar-refractivity contribution is 5.98. The van der Waals surface area contributed by atoms with Crippen LogP contribution in [0.25, 0.3) is 0 Å². The number of carbonyl (C=O) groups is 2. The Morgan fingerprint density at radius 1 is 1.40 bits per heavy atom. The lowest BCUT2D eigenvalue weighted by Crippen LogP contribution is -2.42. The molecule has 0 aliphatic rings. The van der Waals surface area contributed by atoms with Gasteiger partial charge in [0.05, 0.1) is 12.7 Å². The minimum Gasteiger partial charge on any atom is -0.507 e. The first kappa shape index (κ1) is 15.9. The maximum absolute atomic E-state index is 13.1. The fourth-order valence-electron chi connectivity index (χ4n) is 1.75. The van der Waals surface area contributed by atoms with Crippen molar-refractivity contribution in [1.29, 1.82) is 0 Å². The summed E-state index contributed by atoms with van der Waals surface area (Å²) >= 11 is 0. The molecule has 0 heterocycles. The molecule has 0 aliphatic carbocycles. The minimum absolute atomic E-state index is 0.153. The van der Waals surface area contributed by atoms with Gasteiger partial charge in [-0.25, -0.2) is 9.18 Å². The Hall–Kier alpha value is -2.11. The number of phenolic OH excluding ortho intramolecular Hbond substituents is 1. The molecule has 0 aliphatic heterocycles. The van der Waals surface area contributed by atoms with Gasteiger partial charge >= 0.3 is 5.97 Å². The van der Waals surface area contributed by atoms with Crippen molar-refractivity contribution in [3.63, 3.8) is 0 Å². The first-order valence-corrected chi connectivity index (χ1v) is 6.22. The fourth-order valence-corrected chi connectivity index (χ4v) is 1.75. The van der Waals surface area contributed by atoms with E-state index in [0.29, 0.717) is 6.42 Å². The lowest BCUT2D eigenvalue weighted by atomic mass is 10.0. The Morgan fingerprint density at radius 2 is 2.05 bits per heavy atom. The third kappa shape index (κ3) is 4.22. The zero-order chi connectivity index (χ0) is 15.3. The Morgan fingerprint density at radius 3 is 2.60 bits per heavy atom. The average molecular weight is 283 g/mol. The van der Waals surface area contributed by atoms with E-state index in [9.17, 15) is 19.1 Å². The SMILES string of the molecule is COC(=O)C(CC(C)C)NC(=O)c1cc(F)ccc1O. The summed E-state index contributed by atoms with van der Waals surface area (Å²) in [6.07, 6.45) is 0.383. The van der Waals surface area contributed by atoms with Crippen LogP contribution in [0, 0.1) is 11.7 Å². The number of benzene rings is 1. The molecule has 1 atom stereocenters. The van der Waals surface area contributed by atoms with Gasteiger partial charge in [0.2, 0.25) is 0 Å². The molecule has 0 saturated carbocycles. The molecule has 1 unspecified atom stereocenters. The second-order valence-electron chi connectivity index (χ2n) is 4.84. The lowest BCUT2D eigenvalue weighted by molar-refractivity contribution is -0.143. The van der Waals surface area contributed by atoms with Crippen LogP contribution in [0.3, 0.4) is 0 Å². The Bertz CT molecular complexity index is 502. The van der Waals surface area contributed by atoms with Crippen LogP contribution in [-0.2, 0) is 9.53 Å². The van der Waals surface area contributed by atoms with Gasteiger partial charge in [0.25, 0.3) is 5.91 Å². The number of esters is 1. The third-order valence-electron chi connectivity index (χ3n) is 2.70. The Balaban J connectivity index is 2.90. The van der Waals surface area contributed by atoms with E-state index in [1.54, 1.807) is 0 Å². The highest BCUT2D eigenvalue weighted by atomic mass is 19.1. The average Bonchev–Trinajstić information content (AvgIpc) is 2.39. The van der Waals surface area contributed by atoms with Crippen LogP contribution in [0.2, 0.25) is 0 Å². The molecule has 1 aromatic carbocycles. The van der Waals surface area contributed by atoms with E-state index in [0.717, 1.165) is 18.2 Å². The Labute approximate surface area is 116 Å². The van der Waals surface area contributed by atoms with Gasteiger partial charge in [0.15, 0.2) is 0 Å². The number of ether oxygens (including phenoxy) is 1. The summed E-state index contributed by atoms with van der Waals surface area (Å²) in [5.41, 5.74) is -0.220. The second kappa shape index (κ2) is 6.88. The van der Waals surface area contributed by atoms with Crippen molar-refractivity contribution in [2.45, 2.75) is 26.3 Å². The Kier molecular flexibility index (Phi) is 5.49. The van der Waals surface area contributed by atoms with Crippen molar-refractivity contribution in [3.8, 4) is 5.75 Å². The first-order chi connectivity index (χ1) is 9.35. The molecule has 1 rings (SSSR count). The van der Waals surface area contributed by atoms with Gasteiger partial charge in [-0.3, -0.25) is 4.79 Å². The summed E-state index contributed by atoms with van der Waals surface area (Å²) in [4.78, 5) is 23.6. The van der Waals surface area contributed by atoms with Crippen LogP contribution in [0.15, 0.2) is 18.2 Å². The summed E-state index contributed by atoms with van der Waals surface area (Å²) in [6.45, 7) is 3.78. The molecule has 0 bridgehead atoms. The summed E-state index contributed by atoms with van der Waals surface area (Å²) < 4.78 is 17.7. The molecule has 2 N–H and O–H groups in total. The predicted molar refractivity (Wildman–Crippen MR) is 70.8 cm³/mol. The van der Waals surface area contributed by atoms with E-state index < -0.39 is 23.7 Å². The van der Waals surface area contributed by atoms with Crippen LogP contribution in [0.4, 0.5) is 4.39 Å². The molecule has 5 nitrogen and oxygen atoms in total. The van der Waals surface area contributed by atoms with E-state index in [-0.39, 0.29) is 17.2 Å². The van der Waals surface area contributed by atoms with Crippen molar-refractivity contribution >= 4 is 11.9 Å². The summed E-state index contributed by atoms with van der Waals surface area (Å²) in [7, 11) is 1.22. The molecule has 6 heteroatoms. The quantitative estimate of drug-likeness (QED) is 0.809. The molecular formula is C14H18FNO4. The largest absolute Gasteiger partial charge is 0.507 e. The lowest BCUT2D eigenvalue weighted by Gasteiger charge is -2.18. The predicted octanol–water partition coefficient (Wildman–Crippen LogP) is 1.85. The summed E-state index contributed by atoms with van der Waals surface area (Å²) in [5, 5.41) is 12.0. The van der Waals surface area contributed by atoms with E-state index in [1.165, 1.54) is 7.11 Å². The number of methoxy groups -OCH3 is 1. The minimum atomic E-state index is -0.838. The number of phenols is 1. The zero-order valence-electron chi connectivity index (χ0n) is 11.6. The topological polar surface area (TPSA) is 75.6 Å². The fraction of sp³-hybridized carbons (Fsp3) is 0.429. The first-order valence-electron chi connectivity index (χ1n) is 6.22. The molecule has 0 spiro atoms. The smallest absolute Gasteiger partial charge is 0.328 e. The number of hydrogen-bond donors (Lipinski definition) is 2. The second-order valence-corrected chi connectivity index (χ2v) is 4.84. The monoisotopic (exact) mass is 283 g/mol. The number of carbonyl (C=O) groups excluding carboxylic acids is 2. The van der Waals surface area contributed by atoms with E-state index in [4.69, 9.17) is 0 Å². The zero-order valence-corrected chi connectivity index (χ0v) is 11.6. The number of hydrogen-bond acceptors (Lipinski definition) is 4. The summed E-state index contributed by atoms with van der Waals surface area (Å²) in [6, 6.07) is 2.20. The molecule has 0 fully saturated rings. The normalized spacial score (nSPS) is 12.1. The van der Waals surface area contributed by atoms with Crippen molar-refractivity contribution in [2.75, 3.05) is 7.11 Å². The number of halogens is 1. The van der Waals surface area contributed by atoms with Crippen molar-refractivity contribution < 1.29 is 23.8 Å². The van der Waals surface area contributed by atoms with Gasteiger partial charge < -0.3 is 15.2 Å². The number of amides is 1. The molecule has 20 heavy (non-hydrogen) atoms. The van der Waals surface area contributed by atoms with Crippen LogP contribution in [-0.4, -0.2) is 30.1 Å². The van der Waals surface area contributed by atoms with Crippen LogP contribution in [0.5, 0.6) is 5.75 Å². The molecule has 110 valence electrons. The molecular weight excluding hydrogens is 265 g/mol. The maximum Gasteiger partial charge on any atom is 0.328 e. The van der Waals surface area contributed by atoms with Crippen LogP contribution in [0.1, 0.15) is 30.6 Å². The van der Waals surface area contributed by atoms with Crippen molar-refractivity contribution in [3.05, 3.63) is 29.6 Å². The number of rotatable bonds is 5. The molecule has 0 aromatic heterocycles. The van der Waals surface area contributed by atoms with E-state index in [1.807, 2.05) is 13.8 Å². The van der Waals surface area contributed by atoms with Gasteiger partial charge in [-0.2, -0.15) is 0 Å². The molecule has 0 saturated heterocycles. The van der Waals surface area contributed by atoms with Gasteiger partial charge in [0.1, 0.15) is 17.6 Å². The van der Waals surface area contributed by atoms with E-state index >= 15 is 0 Å². The number of aromatic hydroxyl groups is 1. The maximum atomic E-state index is 13.1. The van der Waals surface area contributed by atoms with Gasteiger partial charge in [-0.05, 0) is 30.5 Å². The van der Waals surface area contributed by atoms with Crippen molar-refractivity contribution in [1.82, 2.24) is 5.32 Å². The van der Waals surface area contributed by atoms with Crippen molar-refractivity contribution in [2.24, 2.45) is 5.92 Å². The highest BCUT2D eigenvalue weighted by Gasteiger charge is 2.24. The summed E-state index contributed by atoms with van der Waals surface area (Å²) in [5.74, 6) is -2.15. The molecule has 1 aromatic rings. The van der Waals surface area contributed by atoms with Gasteiger partial charge in [0, 0.05) is 0 Å². The molecule has 0 radical (unpaired) electrons. The van der Waals surface area contributed by atoms with E-state index in [2.05, 4.69) is 10.1 Å². The van der Waals surface area contributed by atoms with Crippen LogP contribution >= 0.6 is 0 Å². The standard InChI is InChI=1S/C14H18FNO4/c1-8(2)6-11(14(19)20-3)16-13(18)10-7-9(15)4-5-12(10)17/h4-5,7-8,11,17H,6H2,1-3H3,(H,16,18). The highest BCUT2D eigenvalue weighted by Crippen LogP contribution is 2.18.